The molecule has 5 N–H and O–H groups in total. The van der Waals surface area contributed by atoms with Gasteiger partial charge in [0.05, 0.1) is 6.10 Å². The van der Waals surface area contributed by atoms with E-state index in [2.05, 4.69) is 5.32 Å². The molecule has 0 aromatic heterocycles. The summed E-state index contributed by atoms with van der Waals surface area (Å²) in [5, 5.41) is 38.5. The highest BCUT2D eigenvalue weighted by Gasteiger charge is 2.35. The summed E-state index contributed by atoms with van der Waals surface area (Å²) in [4.78, 5) is 0. The number of nitrogens with one attached hydrogen (secondary N) is 1. The summed E-state index contributed by atoms with van der Waals surface area (Å²) < 4.78 is 0. The quantitative estimate of drug-likeness (QED) is 0.289. The fraction of sp³-hybridized carbons (Fsp3) is 1.00. The second kappa shape index (κ2) is 3.46. The van der Waals surface area contributed by atoms with Gasteiger partial charge in [-0.2, -0.15) is 0 Å². The molecule has 1 saturated heterocycles. The molecule has 4 atom stereocenters. The van der Waals surface area contributed by atoms with Crippen molar-refractivity contribution < 1.29 is 20.4 Å². The maximum atomic E-state index is 9.20. The zero-order valence-corrected chi connectivity index (χ0v) is 6.01. The lowest BCUT2D eigenvalue weighted by Gasteiger charge is -2.34. The second-order valence-corrected chi connectivity index (χ2v) is 2.78. The van der Waals surface area contributed by atoms with Crippen molar-refractivity contribution in [3.8, 4) is 0 Å². The van der Waals surface area contributed by atoms with Crippen molar-refractivity contribution in [2.45, 2.75) is 18.4 Å². The summed E-state index contributed by atoms with van der Waals surface area (Å²) in [6.45, 7) is 0.119. The molecule has 11 heavy (non-hydrogen) atoms. The predicted octanol–water partition coefficient (Wildman–Crippen LogP) is -2.76. The summed E-state index contributed by atoms with van der Waals surface area (Å²) in [6.07, 6.45) is -3.34. The zero-order chi connectivity index (χ0) is 8.43. The molecular weight excluding hydrogens is 150 g/mol. The molecule has 1 aliphatic rings. The fourth-order valence-electron chi connectivity index (χ4n) is 1.15. The Kier molecular flexibility index (Phi) is 2.80. The van der Waals surface area contributed by atoms with Crippen LogP contribution in [0.4, 0.5) is 0 Å². The summed E-state index contributed by atoms with van der Waals surface area (Å²) in [7, 11) is 0. The van der Waals surface area contributed by atoms with Crippen LogP contribution in [0.2, 0.25) is 0 Å². The molecule has 0 spiro atoms. The van der Waals surface area contributed by atoms with E-state index in [1.165, 1.54) is 0 Å². The van der Waals surface area contributed by atoms with Gasteiger partial charge in [0.25, 0.3) is 0 Å². The van der Waals surface area contributed by atoms with Crippen LogP contribution in [0.1, 0.15) is 0 Å². The van der Waals surface area contributed by atoms with Crippen LogP contribution >= 0.6 is 0 Å². The molecule has 0 saturated carbocycles. The summed E-state index contributed by atoms with van der Waals surface area (Å²) in [5.74, 6) is -0.395. The molecule has 1 rings (SSSR count). The van der Waals surface area contributed by atoms with Gasteiger partial charge in [-0.1, -0.05) is 0 Å². The predicted molar refractivity (Wildman–Crippen MR) is 36.6 cm³/mol. The minimum atomic E-state index is -1.21. The van der Waals surface area contributed by atoms with Gasteiger partial charge in [-0.3, -0.25) is 5.32 Å². The van der Waals surface area contributed by atoms with Crippen molar-refractivity contribution in [2.24, 2.45) is 5.92 Å². The minimum absolute atomic E-state index is 0.196. The highest BCUT2D eigenvalue weighted by molar-refractivity contribution is 4.86. The lowest BCUT2D eigenvalue weighted by atomic mass is 9.94. The summed E-state index contributed by atoms with van der Waals surface area (Å²) in [6, 6.07) is 0. The molecule has 0 aromatic carbocycles. The van der Waals surface area contributed by atoms with E-state index < -0.39 is 24.4 Å². The molecular formula is C6H13NO4. The first kappa shape index (κ1) is 8.89. The fourth-order valence-corrected chi connectivity index (χ4v) is 1.15. The van der Waals surface area contributed by atoms with Crippen molar-refractivity contribution in [3.63, 3.8) is 0 Å². The maximum Gasteiger partial charge on any atom is 0.133 e. The first-order valence-corrected chi connectivity index (χ1v) is 3.55. The first-order chi connectivity index (χ1) is 5.16. The van der Waals surface area contributed by atoms with E-state index >= 15 is 0 Å². The minimum Gasteiger partial charge on any atom is -0.396 e. The molecule has 1 heterocycles. The Morgan fingerprint density at radius 1 is 1.18 bits per heavy atom. The van der Waals surface area contributed by atoms with Gasteiger partial charge in [0.2, 0.25) is 0 Å². The number of hydrogen-bond donors (Lipinski definition) is 5. The molecule has 0 bridgehead atoms. The number of piperidine rings is 1. The number of aliphatic hydroxyl groups is 4. The topological polar surface area (TPSA) is 93.0 Å². The Labute approximate surface area is 64.3 Å². The van der Waals surface area contributed by atoms with E-state index in [1.54, 1.807) is 0 Å². The molecule has 5 nitrogen and oxygen atoms in total. The van der Waals surface area contributed by atoms with E-state index in [9.17, 15) is 5.11 Å². The lowest BCUT2D eigenvalue weighted by Crippen LogP contribution is -2.57. The maximum absolute atomic E-state index is 9.20. The molecule has 0 unspecified atom stereocenters. The number of aliphatic hydroxyl groups excluding tert-OH is 4. The highest BCUT2D eigenvalue weighted by atomic mass is 16.4. The molecule has 66 valence electrons. The Morgan fingerprint density at radius 3 is 2.36 bits per heavy atom. The van der Waals surface area contributed by atoms with Gasteiger partial charge in [0.15, 0.2) is 0 Å². The number of rotatable bonds is 1. The van der Waals surface area contributed by atoms with E-state index in [-0.39, 0.29) is 6.61 Å². The third kappa shape index (κ3) is 1.69. The van der Waals surface area contributed by atoms with E-state index in [1.807, 2.05) is 0 Å². The van der Waals surface area contributed by atoms with Crippen molar-refractivity contribution in [3.05, 3.63) is 0 Å². The SMILES string of the molecule is OC[C@H]1CN[C@H](O)[C@@H](O)[C@H]1O. The van der Waals surface area contributed by atoms with Crippen LogP contribution in [0.25, 0.3) is 0 Å². The molecule has 0 amide bonds. The first-order valence-electron chi connectivity index (χ1n) is 3.55. The lowest BCUT2D eigenvalue weighted by molar-refractivity contribution is -0.124. The number of hydrogen-bond acceptors (Lipinski definition) is 5. The van der Waals surface area contributed by atoms with Crippen LogP contribution in [0.15, 0.2) is 0 Å². The molecule has 5 heteroatoms. The van der Waals surface area contributed by atoms with Gasteiger partial charge in [-0.25, -0.2) is 0 Å². The van der Waals surface area contributed by atoms with E-state index in [0.29, 0.717) is 6.54 Å². The van der Waals surface area contributed by atoms with Gasteiger partial charge in [-0.05, 0) is 0 Å². The van der Waals surface area contributed by atoms with Crippen LogP contribution in [-0.2, 0) is 0 Å². The summed E-state index contributed by atoms with van der Waals surface area (Å²) in [5.41, 5.74) is 0. The standard InChI is InChI=1S/C6H13NO4/c8-2-3-1-7-6(11)5(10)4(3)9/h3-11H,1-2H2/t3-,4+,5+,6-/m1/s1. The van der Waals surface area contributed by atoms with Gasteiger partial charge < -0.3 is 20.4 Å². The Bertz CT molecular complexity index is 130. The Balaban J connectivity index is 2.52. The van der Waals surface area contributed by atoms with Crippen molar-refractivity contribution in [1.29, 1.82) is 0 Å². The van der Waals surface area contributed by atoms with E-state index in [0.717, 1.165) is 0 Å². The second-order valence-electron chi connectivity index (χ2n) is 2.78. The molecule has 0 radical (unpaired) electrons. The van der Waals surface area contributed by atoms with Crippen LogP contribution in [0.3, 0.4) is 0 Å². The normalized spacial score (nSPS) is 45.8. The Morgan fingerprint density at radius 2 is 1.82 bits per heavy atom. The molecule has 0 aromatic rings. The van der Waals surface area contributed by atoms with Crippen LogP contribution in [0, 0.1) is 5.92 Å². The van der Waals surface area contributed by atoms with E-state index in [4.69, 9.17) is 15.3 Å². The highest BCUT2D eigenvalue weighted by Crippen LogP contribution is 2.13. The third-order valence-electron chi connectivity index (χ3n) is 1.98. The van der Waals surface area contributed by atoms with Gasteiger partial charge in [0, 0.05) is 19.1 Å². The average molecular weight is 163 g/mol. The smallest absolute Gasteiger partial charge is 0.133 e. The molecule has 1 aliphatic heterocycles. The van der Waals surface area contributed by atoms with Crippen molar-refractivity contribution >= 4 is 0 Å². The van der Waals surface area contributed by atoms with Crippen LogP contribution in [-0.4, -0.2) is 52.0 Å². The van der Waals surface area contributed by atoms with Gasteiger partial charge in [-0.15, -0.1) is 0 Å². The monoisotopic (exact) mass is 163 g/mol. The van der Waals surface area contributed by atoms with Gasteiger partial charge in [0.1, 0.15) is 12.3 Å². The van der Waals surface area contributed by atoms with Gasteiger partial charge >= 0.3 is 0 Å². The van der Waals surface area contributed by atoms with Crippen molar-refractivity contribution in [1.82, 2.24) is 5.32 Å². The summed E-state index contributed by atoms with van der Waals surface area (Å²) >= 11 is 0. The largest absolute Gasteiger partial charge is 0.396 e. The average Bonchev–Trinajstić information content (AvgIpc) is 2.01. The Hall–Kier alpha value is -0.200. The van der Waals surface area contributed by atoms with Crippen molar-refractivity contribution in [2.75, 3.05) is 13.2 Å². The van der Waals surface area contributed by atoms with Crippen LogP contribution < -0.4 is 5.32 Å². The third-order valence-corrected chi connectivity index (χ3v) is 1.98. The van der Waals surface area contributed by atoms with Crippen LogP contribution in [0.5, 0.6) is 0 Å². The molecule has 0 aliphatic carbocycles. The zero-order valence-electron chi connectivity index (χ0n) is 6.01. The molecule has 1 fully saturated rings.